The molecule has 0 bridgehead atoms. The third-order valence-electron chi connectivity index (χ3n) is 5.60. The van der Waals surface area contributed by atoms with Crippen LogP contribution in [0, 0.1) is 17.8 Å². The van der Waals surface area contributed by atoms with Gasteiger partial charge in [0.15, 0.2) is 11.4 Å². The molecule has 7 nitrogen and oxygen atoms in total. The van der Waals surface area contributed by atoms with Gasteiger partial charge in [-0.1, -0.05) is 24.1 Å². The first-order valence-corrected chi connectivity index (χ1v) is 9.77. The number of nitrogens with zero attached hydrogens (tertiary/aromatic N) is 4. The smallest absolute Gasteiger partial charge is 0.164 e. The van der Waals surface area contributed by atoms with Crippen LogP contribution < -0.4 is 0 Å². The van der Waals surface area contributed by atoms with Crippen molar-refractivity contribution < 1.29 is 14.6 Å². The number of aliphatic hydroxyl groups excluding tert-OH is 1. The first kappa shape index (κ1) is 18.3. The van der Waals surface area contributed by atoms with Gasteiger partial charge in [-0.25, -0.2) is 15.0 Å². The topological polar surface area (TPSA) is 82.3 Å². The van der Waals surface area contributed by atoms with E-state index in [1.165, 1.54) is 6.33 Å². The Morgan fingerprint density at radius 1 is 1.10 bits per heavy atom. The summed E-state index contributed by atoms with van der Waals surface area (Å²) in [6.45, 7) is 3.87. The average Bonchev–Trinajstić information content (AvgIpc) is 3.37. The van der Waals surface area contributed by atoms with E-state index >= 15 is 0 Å². The Bertz CT molecular complexity index is 1100. The summed E-state index contributed by atoms with van der Waals surface area (Å²) in [5.41, 5.74) is 2.89. The highest BCUT2D eigenvalue weighted by atomic mass is 16.8. The minimum absolute atomic E-state index is 0.0170. The lowest BCUT2D eigenvalue weighted by atomic mass is 10.1. The maximum atomic E-state index is 9.83. The van der Waals surface area contributed by atoms with Crippen LogP contribution in [0.3, 0.4) is 0 Å². The molecule has 1 N–H and O–H groups in total. The molecule has 5 rings (SSSR count). The minimum Gasteiger partial charge on any atom is -0.396 e. The fourth-order valence-corrected chi connectivity index (χ4v) is 4.35. The van der Waals surface area contributed by atoms with Crippen molar-refractivity contribution in [2.75, 3.05) is 6.61 Å². The Hall–Kier alpha value is -2.79. The quantitative estimate of drug-likeness (QED) is 0.676. The highest BCUT2D eigenvalue weighted by molar-refractivity contribution is 5.76. The lowest BCUT2D eigenvalue weighted by Crippen LogP contribution is -2.27. The SMILES string of the molecule is CC1(C)O[C@@H]2[C@@H](CO)C[C@@H](n3cnc4c(C#Cc5ccccc5)ncnc43)[C@@H]2O1. The van der Waals surface area contributed by atoms with Gasteiger partial charge in [-0.2, -0.15) is 0 Å². The van der Waals surface area contributed by atoms with E-state index in [1.807, 2.05) is 48.7 Å². The van der Waals surface area contributed by atoms with Crippen molar-refractivity contribution in [1.29, 1.82) is 0 Å². The van der Waals surface area contributed by atoms with E-state index in [9.17, 15) is 5.11 Å². The van der Waals surface area contributed by atoms with Gasteiger partial charge in [0.1, 0.15) is 23.6 Å². The molecule has 1 saturated carbocycles. The molecule has 3 aromatic rings. The number of aromatic nitrogens is 4. The number of imidazole rings is 1. The summed E-state index contributed by atoms with van der Waals surface area (Å²) in [6, 6.07) is 9.75. The standard InChI is InChI=1S/C22H22N4O3/c1-22(2)28-19-15(11-27)10-17(20(19)29-22)26-13-25-18-16(23-12-24-21(18)26)9-8-14-6-4-3-5-7-14/h3-7,12-13,15,17,19-20,27H,10-11H2,1-2H3/t15-,17-,19-,20+/m1/s1. The molecule has 0 radical (unpaired) electrons. The van der Waals surface area contributed by atoms with Crippen molar-refractivity contribution in [1.82, 2.24) is 19.5 Å². The molecule has 1 saturated heterocycles. The fraction of sp³-hybridized carbons (Fsp3) is 0.409. The van der Waals surface area contributed by atoms with Crippen LogP contribution >= 0.6 is 0 Å². The highest BCUT2D eigenvalue weighted by Crippen LogP contribution is 2.47. The Balaban J connectivity index is 1.52. The molecule has 2 aliphatic rings. The molecule has 0 unspecified atom stereocenters. The molecule has 7 heteroatoms. The second-order valence-electron chi connectivity index (χ2n) is 7.97. The summed E-state index contributed by atoms with van der Waals surface area (Å²) in [5.74, 6) is 5.59. The number of ether oxygens (including phenoxy) is 2. The summed E-state index contributed by atoms with van der Waals surface area (Å²) in [4.78, 5) is 13.3. The highest BCUT2D eigenvalue weighted by Gasteiger charge is 2.54. The number of aliphatic hydroxyl groups is 1. The van der Waals surface area contributed by atoms with Crippen molar-refractivity contribution in [3.63, 3.8) is 0 Å². The van der Waals surface area contributed by atoms with Gasteiger partial charge in [-0.3, -0.25) is 0 Å². The third kappa shape index (κ3) is 3.19. The Morgan fingerprint density at radius 2 is 1.90 bits per heavy atom. The number of hydrogen-bond donors (Lipinski definition) is 1. The number of rotatable bonds is 2. The van der Waals surface area contributed by atoms with Gasteiger partial charge in [0.25, 0.3) is 0 Å². The largest absolute Gasteiger partial charge is 0.396 e. The fourth-order valence-electron chi connectivity index (χ4n) is 4.35. The van der Waals surface area contributed by atoms with Gasteiger partial charge < -0.3 is 19.1 Å². The number of hydrogen-bond acceptors (Lipinski definition) is 6. The molecule has 29 heavy (non-hydrogen) atoms. The lowest BCUT2D eigenvalue weighted by molar-refractivity contribution is -0.161. The molecule has 148 valence electrons. The van der Waals surface area contributed by atoms with Crippen molar-refractivity contribution in [2.45, 2.75) is 44.3 Å². The van der Waals surface area contributed by atoms with Crippen LogP contribution in [-0.2, 0) is 9.47 Å². The van der Waals surface area contributed by atoms with E-state index in [0.29, 0.717) is 16.9 Å². The zero-order valence-corrected chi connectivity index (χ0v) is 16.3. The van der Waals surface area contributed by atoms with E-state index in [4.69, 9.17) is 9.47 Å². The summed E-state index contributed by atoms with van der Waals surface area (Å²) in [6.07, 6.45) is 3.72. The Morgan fingerprint density at radius 3 is 2.69 bits per heavy atom. The van der Waals surface area contributed by atoms with Crippen molar-refractivity contribution >= 4 is 11.2 Å². The molecule has 1 aliphatic heterocycles. The number of fused-ring (bicyclic) bond motifs is 2. The molecule has 0 spiro atoms. The normalized spacial score (nSPS) is 27.6. The first-order chi connectivity index (χ1) is 14.1. The van der Waals surface area contributed by atoms with Crippen LogP contribution in [0.15, 0.2) is 43.0 Å². The predicted octanol–water partition coefficient (Wildman–Crippen LogP) is 2.30. The lowest BCUT2D eigenvalue weighted by Gasteiger charge is -2.23. The van der Waals surface area contributed by atoms with Gasteiger partial charge >= 0.3 is 0 Å². The maximum Gasteiger partial charge on any atom is 0.164 e. The second-order valence-corrected chi connectivity index (χ2v) is 7.97. The van der Waals surface area contributed by atoms with Gasteiger partial charge in [-0.05, 0) is 38.3 Å². The molecule has 0 amide bonds. The van der Waals surface area contributed by atoms with E-state index in [0.717, 1.165) is 12.0 Å². The molecule has 2 fully saturated rings. The minimum atomic E-state index is -0.668. The van der Waals surface area contributed by atoms with E-state index in [-0.39, 0.29) is 30.8 Å². The number of benzene rings is 1. The van der Waals surface area contributed by atoms with Gasteiger partial charge in [0.2, 0.25) is 0 Å². The average molecular weight is 390 g/mol. The van der Waals surface area contributed by atoms with Gasteiger partial charge in [0, 0.05) is 18.1 Å². The van der Waals surface area contributed by atoms with E-state index in [2.05, 4.69) is 26.8 Å². The maximum absolute atomic E-state index is 9.83. The molecule has 1 aromatic carbocycles. The molecular weight excluding hydrogens is 368 g/mol. The van der Waals surface area contributed by atoms with Crippen LogP contribution in [-0.4, -0.2) is 49.2 Å². The van der Waals surface area contributed by atoms with Crippen LogP contribution in [0.2, 0.25) is 0 Å². The van der Waals surface area contributed by atoms with E-state index in [1.54, 1.807) is 6.33 Å². The zero-order chi connectivity index (χ0) is 20.0. The summed E-state index contributed by atoms with van der Waals surface area (Å²) in [7, 11) is 0. The van der Waals surface area contributed by atoms with E-state index < -0.39 is 5.79 Å². The molecule has 2 aromatic heterocycles. The first-order valence-electron chi connectivity index (χ1n) is 9.77. The zero-order valence-electron chi connectivity index (χ0n) is 16.3. The van der Waals surface area contributed by atoms with Gasteiger partial charge in [-0.15, -0.1) is 0 Å². The van der Waals surface area contributed by atoms with Crippen LogP contribution in [0.1, 0.15) is 37.6 Å². The molecule has 3 heterocycles. The van der Waals surface area contributed by atoms with Crippen molar-refractivity contribution in [3.8, 4) is 11.8 Å². The van der Waals surface area contributed by atoms with Crippen LogP contribution in [0.4, 0.5) is 0 Å². The Labute approximate surface area is 168 Å². The monoisotopic (exact) mass is 390 g/mol. The summed E-state index contributed by atoms with van der Waals surface area (Å²) in [5, 5.41) is 9.83. The predicted molar refractivity (Wildman–Crippen MR) is 106 cm³/mol. The second kappa shape index (κ2) is 6.92. The Kier molecular flexibility index (Phi) is 4.36. The van der Waals surface area contributed by atoms with Crippen LogP contribution in [0.25, 0.3) is 11.2 Å². The van der Waals surface area contributed by atoms with Crippen molar-refractivity contribution in [2.24, 2.45) is 5.92 Å². The third-order valence-corrected chi connectivity index (χ3v) is 5.60. The van der Waals surface area contributed by atoms with Gasteiger partial charge in [0.05, 0.1) is 18.5 Å². The molecule has 4 atom stereocenters. The molecular formula is C22H22N4O3. The summed E-state index contributed by atoms with van der Waals surface area (Å²) >= 11 is 0. The summed E-state index contributed by atoms with van der Waals surface area (Å²) < 4.78 is 14.2. The molecule has 1 aliphatic carbocycles. The van der Waals surface area contributed by atoms with Crippen LogP contribution in [0.5, 0.6) is 0 Å². The van der Waals surface area contributed by atoms with Crippen molar-refractivity contribution in [3.05, 3.63) is 54.2 Å².